The minimum absolute atomic E-state index is 0.287. The number of anilines is 1. The van der Waals surface area contributed by atoms with Crippen LogP contribution in [0.1, 0.15) is 38.8 Å². The maximum absolute atomic E-state index is 9.85. The van der Waals surface area contributed by atoms with E-state index in [1.165, 1.54) is 16.8 Å². The molecule has 1 aromatic rings. The Morgan fingerprint density at radius 3 is 2.06 bits per heavy atom. The van der Waals surface area contributed by atoms with Gasteiger partial charge in [-0.1, -0.05) is 45.9 Å². The van der Waals surface area contributed by atoms with E-state index in [1.54, 1.807) is 0 Å². The van der Waals surface area contributed by atoms with E-state index >= 15 is 0 Å². The third-order valence-electron chi connectivity index (χ3n) is 3.26. The molecule has 0 heterocycles. The Labute approximate surface area is 105 Å². The van der Waals surface area contributed by atoms with Gasteiger partial charge in [0.1, 0.15) is 0 Å². The number of benzene rings is 1. The smallest absolute Gasteiger partial charge is 0.0735 e. The Morgan fingerprint density at radius 1 is 1.12 bits per heavy atom. The van der Waals surface area contributed by atoms with Crippen LogP contribution in [0.4, 0.5) is 5.69 Å². The lowest BCUT2D eigenvalue weighted by atomic mass is 10.0. The predicted octanol–water partition coefficient (Wildman–Crippen LogP) is 3.24. The molecule has 0 aliphatic carbocycles. The van der Waals surface area contributed by atoms with E-state index in [4.69, 9.17) is 0 Å². The van der Waals surface area contributed by atoms with Crippen molar-refractivity contribution in [3.63, 3.8) is 0 Å². The molecule has 0 bridgehead atoms. The summed E-state index contributed by atoms with van der Waals surface area (Å²) in [5, 5.41) is 13.3. The van der Waals surface area contributed by atoms with Gasteiger partial charge in [-0.25, -0.2) is 0 Å². The molecule has 2 heteroatoms. The maximum Gasteiger partial charge on any atom is 0.0735 e. The van der Waals surface area contributed by atoms with Gasteiger partial charge < -0.3 is 10.4 Å². The standard InChI is InChI=1S/C15H25NO/c1-5-12-8-7-9-13(6-2)15(12)16-10-14(17)11(3)4/h7-9,11,14,16-17H,5-6,10H2,1-4H3. The molecule has 0 saturated heterocycles. The van der Waals surface area contributed by atoms with Gasteiger partial charge >= 0.3 is 0 Å². The zero-order valence-electron chi connectivity index (χ0n) is 11.5. The lowest BCUT2D eigenvalue weighted by Gasteiger charge is -2.19. The summed E-state index contributed by atoms with van der Waals surface area (Å²) in [6.07, 6.45) is 1.76. The minimum atomic E-state index is -0.287. The molecule has 1 rings (SSSR count). The zero-order valence-corrected chi connectivity index (χ0v) is 11.5. The van der Waals surface area contributed by atoms with Gasteiger partial charge in [0.25, 0.3) is 0 Å². The average Bonchev–Trinajstić information content (AvgIpc) is 2.34. The molecule has 2 nitrogen and oxygen atoms in total. The maximum atomic E-state index is 9.85. The van der Waals surface area contributed by atoms with Crippen molar-refractivity contribution in [3.05, 3.63) is 29.3 Å². The van der Waals surface area contributed by atoms with Crippen molar-refractivity contribution in [2.45, 2.75) is 46.6 Å². The summed E-state index contributed by atoms with van der Waals surface area (Å²) in [5.41, 5.74) is 3.89. The van der Waals surface area contributed by atoms with Crippen LogP contribution in [0.5, 0.6) is 0 Å². The summed E-state index contributed by atoms with van der Waals surface area (Å²) >= 11 is 0. The Balaban J connectivity index is 2.81. The molecular formula is C15H25NO. The van der Waals surface area contributed by atoms with Gasteiger partial charge in [0.15, 0.2) is 0 Å². The molecule has 96 valence electrons. The van der Waals surface area contributed by atoms with Gasteiger partial charge in [0, 0.05) is 12.2 Å². The number of hydrogen-bond acceptors (Lipinski definition) is 2. The summed E-state index contributed by atoms with van der Waals surface area (Å²) in [7, 11) is 0. The van der Waals surface area contributed by atoms with Crippen LogP contribution in [0.15, 0.2) is 18.2 Å². The first-order valence-electron chi connectivity index (χ1n) is 6.62. The van der Waals surface area contributed by atoms with E-state index in [0.717, 1.165) is 12.8 Å². The van der Waals surface area contributed by atoms with E-state index in [2.05, 4.69) is 37.4 Å². The molecule has 2 N–H and O–H groups in total. The largest absolute Gasteiger partial charge is 0.391 e. The number of para-hydroxylation sites is 1. The molecule has 1 aromatic carbocycles. The van der Waals surface area contributed by atoms with Crippen LogP contribution >= 0.6 is 0 Å². The highest BCUT2D eigenvalue weighted by Crippen LogP contribution is 2.22. The van der Waals surface area contributed by atoms with Crippen LogP contribution in [0.3, 0.4) is 0 Å². The number of aryl methyl sites for hydroxylation is 2. The van der Waals surface area contributed by atoms with Crippen molar-refractivity contribution in [2.75, 3.05) is 11.9 Å². The fourth-order valence-corrected chi connectivity index (χ4v) is 1.91. The minimum Gasteiger partial charge on any atom is -0.391 e. The summed E-state index contributed by atoms with van der Waals surface area (Å²) in [4.78, 5) is 0. The van der Waals surface area contributed by atoms with Crippen molar-refractivity contribution in [2.24, 2.45) is 5.92 Å². The van der Waals surface area contributed by atoms with Gasteiger partial charge in [-0.15, -0.1) is 0 Å². The van der Waals surface area contributed by atoms with Gasteiger partial charge in [0.05, 0.1) is 6.10 Å². The van der Waals surface area contributed by atoms with Crippen LogP contribution in [-0.4, -0.2) is 17.8 Å². The molecule has 0 amide bonds. The Bertz CT molecular complexity index is 325. The van der Waals surface area contributed by atoms with Gasteiger partial charge in [-0.2, -0.15) is 0 Å². The average molecular weight is 235 g/mol. The summed E-state index contributed by atoms with van der Waals surface area (Å²) in [5.74, 6) is 0.293. The van der Waals surface area contributed by atoms with E-state index in [1.807, 2.05) is 13.8 Å². The Kier molecular flexibility index (Phi) is 5.49. The fourth-order valence-electron chi connectivity index (χ4n) is 1.91. The van der Waals surface area contributed by atoms with Crippen molar-refractivity contribution in [1.29, 1.82) is 0 Å². The van der Waals surface area contributed by atoms with Crippen molar-refractivity contribution in [3.8, 4) is 0 Å². The summed E-state index contributed by atoms with van der Waals surface area (Å²) in [6, 6.07) is 6.42. The second-order valence-corrected chi connectivity index (χ2v) is 4.85. The van der Waals surface area contributed by atoms with E-state index in [0.29, 0.717) is 12.5 Å². The first kappa shape index (κ1) is 14.0. The summed E-state index contributed by atoms with van der Waals surface area (Å²) in [6.45, 7) is 9.04. The second-order valence-electron chi connectivity index (χ2n) is 4.85. The molecule has 1 unspecified atom stereocenters. The number of rotatable bonds is 6. The normalized spacial score (nSPS) is 12.8. The molecule has 0 aliphatic heterocycles. The van der Waals surface area contributed by atoms with Crippen LogP contribution in [0.2, 0.25) is 0 Å². The highest BCUT2D eigenvalue weighted by Gasteiger charge is 2.11. The Hall–Kier alpha value is -1.02. The highest BCUT2D eigenvalue weighted by molar-refractivity contribution is 5.58. The van der Waals surface area contributed by atoms with E-state index in [9.17, 15) is 5.11 Å². The van der Waals surface area contributed by atoms with Gasteiger partial charge in [-0.05, 0) is 29.9 Å². The molecule has 0 spiro atoms. The van der Waals surface area contributed by atoms with Crippen LogP contribution in [0, 0.1) is 5.92 Å². The van der Waals surface area contributed by atoms with Crippen molar-refractivity contribution in [1.82, 2.24) is 0 Å². The predicted molar refractivity (Wildman–Crippen MR) is 74.5 cm³/mol. The SMILES string of the molecule is CCc1cccc(CC)c1NCC(O)C(C)C. The number of nitrogens with one attached hydrogen (secondary N) is 1. The molecule has 0 fully saturated rings. The van der Waals surface area contributed by atoms with Crippen molar-refractivity contribution < 1.29 is 5.11 Å². The fraction of sp³-hybridized carbons (Fsp3) is 0.600. The first-order chi connectivity index (χ1) is 8.10. The molecule has 17 heavy (non-hydrogen) atoms. The van der Waals surface area contributed by atoms with E-state index in [-0.39, 0.29) is 6.10 Å². The monoisotopic (exact) mass is 235 g/mol. The lowest BCUT2D eigenvalue weighted by molar-refractivity contribution is 0.138. The van der Waals surface area contributed by atoms with E-state index < -0.39 is 0 Å². The van der Waals surface area contributed by atoms with Gasteiger partial charge in [0.2, 0.25) is 0 Å². The molecule has 0 aliphatic rings. The van der Waals surface area contributed by atoms with Crippen molar-refractivity contribution >= 4 is 5.69 Å². The molecular weight excluding hydrogens is 210 g/mol. The quantitative estimate of drug-likeness (QED) is 0.793. The highest BCUT2D eigenvalue weighted by atomic mass is 16.3. The zero-order chi connectivity index (χ0) is 12.8. The van der Waals surface area contributed by atoms with Crippen LogP contribution in [0.25, 0.3) is 0 Å². The topological polar surface area (TPSA) is 32.3 Å². The molecule has 0 radical (unpaired) electrons. The molecule has 0 saturated carbocycles. The second kappa shape index (κ2) is 6.65. The number of hydrogen-bond donors (Lipinski definition) is 2. The third-order valence-corrected chi connectivity index (χ3v) is 3.26. The number of aliphatic hydroxyl groups is 1. The molecule has 0 aromatic heterocycles. The number of aliphatic hydroxyl groups excluding tert-OH is 1. The van der Waals surface area contributed by atoms with Crippen LogP contribution < -0.4 is 5.32 Å². The lowest BCUT2D eigenvalue weighted by Crippen LogP contribution is -2.25. The Morgan fingerprint density at radius 2 is 1.65 bits per heavy atom. The van der Waals surface area contributed by atoms with Gasteiger partial charge in [-0.3, -0.25) is 0 Å². The first-order valence-corrected chi connectivity index (χ1v) is 6.62. The van der Waals surface area contributed by atoms with Crippen LogP contribution in [-0.2, 0) is 12.8 Å². The molecule has 1 atom stereocenters. The summed E-state index contributed by atoms with van der Waals surface area (Å²) < 4.78 is 0. The third kappa shape index (κ3) is 3.74.